The highest BCUT2D eigenvalue weighted by Crippen LogP contribution is 2.36. The molecule has 0 saturated heterocycles. The molecule has 19 heavy (non-hydrogen) atoms. The molecule has 6 heteroatoms. The van der Waals surface area contributed by atoms with Gasteiger partial charge in [0.1, 0.15) is 0 Å². The third-order valence-electron chi connectivity index (χ3n) is 2.55. The predicted octanol–water partition coefficient (Wildman–Crippen LogP) is 3.43. The lowest BCUT2D eigenvalue weighted by molar-refractivity contribution is -0.136. The van der Waals surface area contributed by atoms with Gasteiger partial charge in [-0.05, 0) is 13.0 Å². The fourth-order valence-electron chi connectivity index (χ4n) is 1.81. The molecule has 0 atom stereocenters. The number of nitrogens with zero attached hydrogens (tertiary/aromatic N) is 1. The summed E-state index contributed by atoms with van der Waals surface area (Å²) in [6.45, 7) is 1.53. The highest BCUT2D eigenvalue weighted by Gasteiger charge is 2.38. The molecular weight excluding hydrogens is 259 g/mol. The number of pyridine rings is 1. The number of para-hydroxylation sites is 1. The second-order valence-electron chi connectivity index (χ2n) is 3.78. The standard InChI is InChI=1S/C13H10F3NO2/c1-2-19-12(18)9-7-17-10-6-4-3-5-8(10)11(9)13(14,15)16/h3-7H,2H2,1H3. The number of alkyl halides is 3. The number of ether oxygens (including phenoxy) is 1. The summed E-state index contributed by atoms with van der Waals surface area (Å²) in [5.74, 6) is -1.02. The molecule has 1 aromatic heterocycles. The number of halogens is 3. The van der Waals surface area contributed by atoms with Gasteiger partial charge >= 0.3 is 12.1 Å². The van der Waals surface area contributed by atoms with Crippen LogP contribution in [0.25, 0.3) is 10.9 Å². The summed E-state index contributed by atoms with van der Waals surface area (Å²) in [5, 5.41) is -0.111. The summed E-state index contributed by atoms with van der Waals surface area (Å²) in [7, 11) is 0. The van der Waals surface area contributed by atoms with Crippen LogP contribution >= 0.6 is 0 Å². The number of carbonyl (C=O) groups is 1. The summed E-state index contributed by atoms with van der Waals surface area (Å²) in [4.78, 5) is 15.5. The van der Waals surface area contributed by atoms with E-state index in [0.717, 1.165) is 6.20 Å². The maximum absolute atomic E-state index is 13.1. The Morgan fingerprint density at radius 1 is 1.32 bits per heavy atom. The SMILES string of the molecule is CCOC(=O)c1cnc2ccccc2c1C(F)(F)F. The average molecular weight is 269 g/mol. The number of esters is 1. The normalized spacial score (nSPS) is 11.6. The second-order valence-corrected chi connectivity index (χ2v) is 3.78. The van der Waals surface area contributed by atoms with Gasteiger partial charge in [0.15, 0.2) is 0 Å². The molecule has 0 radical (unpaired) electrons. The van der Waals surface area contributed by atoms with Crippen LogP contribution in [0.1, 0.15) is 22.8 Å². The Kier molecular flexibility index (Phi) is 3.42. The van der Waals surface area contributed by atoms with Crippen molar-refractivity contribution in [3.05, 3.63) is 41.6 Å². The predicted molar refractivity (Wildman–Crippen MR) is 62.7 cm³/mol. The first kappa shape index (κ1) is 13.3. The van der Waals surface area contributed by atoms with E-state index in [-0.39, 0.29) is 17.5 Å². The molecule has 0 fully saturated rings. The van der Waals surface area contributed by atoms with Gasteiger partial charge in [0.2, 0.25) is 0 Å². The zero-order valence-electron chi connectivity index (χ0n) is 9.99. The molecule has 2 aromatic rings. The van der Waals surface area contributed by atoms with Crippen LogP contribution in [0, 0.1) is 0 Å². The van der Waals surface area contributed by atoms with Gasteiger partial charge in [-0.1, -0.05) is 18.2 Å². The summed E-state index contributed by atoms with van der Waals surface area (Å²) >= 11 is 0. The quantitative estimate of drug-likeness (QED) is 0.784. The number of fused-ring (bicyclic) bond motifs is 1. The Balaban J connectivity index is 2.74. The second kappa shape index (κ2) is 4.87. The molecule has 3 nitrogen and oxygen atoms in total. The lowest BCUT2D eigenvalue weighted by atomic mass is 10.0. The molecule has 0 spiro atoms. The van der Waals surface area contributed by atoms with E-state index in [1.807, 2.05) is 0 Å². The van der Waals surface area contributed by atoms with Gasteiger partial charge in [0, 0.05) is 11.6 Å². The molecule has 100 valence electrons. The zero-order valence-corrected chi connectivity index (χ0v) is 9.99. The molecule has 0 aliphatic heterocycles. The molecule has 2 rings (SSSR count). The Morgan fingerprint density at radius 2 is 2.00 bits per heavy atom. The fourth-order valence-corrected chi connectivity index (χ4v) is 1.81. The highest BCUT2D eigenvalue weighted by molar-refractivity contribution is 5.97. The lowest BCUT2D eigenvalue weighted by Crippen LogP contribution is -2.16. The maximum Gasteiger partial charge on any atom is 0.417 e. The number of carbonyl (C=O) groups excluding carboxylic acids is 1. The molecule has 0 aliphatic rings. The summed E-state index contributed by atoms with van der Waals surface area (Å²) < 4.78 is 44.1. The maximum atomic E-state index is 13.1. The minimum Gasteiger partial charge on any atom is -0.462 e. The zero-order chi connectivity index (χ0) is 14.0. The van der Waals surface area contributed by atoms with Gasteiger partial charge < -0.3 is 4.74 Å². The molecule has 1 aromatic carbocycles. The van der Waals surface area contributed by atoms with Gasteiger partial charge in [-0.25, -0.2) is 4.79 Å². The van der Waals surface area contributed by atoms with Crippen LogP contribution in [0.3, 0.4) is 0 Å². The van der Waals surface area contributed by atoms with Crippen molar-refractivity contribution in [1.29, 1.82) is 0 Å². The molecular formula is C13H10F3NO2. The number of benzene rings is 1. The lowest BCUT2D eigenvalue weighted by Gasteiger charge is -2.14. The van der Waals surface area contributed by atoms with Crippen LogP contribution < -0.4 is 0 Å². The van der Waals surface area contributed by atoms with Crippen LogP contribution in [-0.2, 0) is 10.9 Å². The number of hydrogen-bond acceptors (Lipinski definition) is 3. The van der Waals surface area contributed by atoms with E-state index in [9.17, 15) is 18.0 Å². The van der Waals surface area contributed by atoms with Gasteiger partial charge in [-0.15, -0.1) is 0 Å². The van der Waals surface area contributed by atoms with E-state index >= 15 is 0 Å². The summed E-state index contributed by atoms with van der Waals surface area (Å²) in [6.07, 6.45) is -3.74. The van der Waals surface area contributed by atoms with E-state index in [2.05, 4.69) is 9.72 Å². The number of aromatic nitrogens is 1. The molecule has 1 heterocycles. The Labute approximate surface area is 107 Å². The molecule has 0 bridgehead atoms. The van der Waals surface area contributed by atoms with E-state index in [1.165, 1.54) is 25.1 Å². The van der Waals surface area contributed by atoms with Crippen molar-refractivity contribution in [3.8, 4) is 0 Å². The molecule has 0 unspecified atom stereocenters. The topological polar surface area (TPSA) is 39.2 Å². The summed E-state index contributed by atoms with van der Waals surface area (Å²) in [5.41, 5.74) is -1.38. The average Bonchev–Trinajstić information content (AvgIpc) is 2.36. The van der Waals surface area contributed by atoms with Crippen molar-refractivity contribution in [2.75, 3.05) is 6.61 Å². The van der Waals surface area contributed by atoms with E-state index in [0.29, 0.717) is 0 Å². The smallest absolute Gasteiger partial charge is 0.417 e. The number of hydrogen-bond donors (Lipinski definition) is 0. The monoisotopic (exact) mass is 269 g/mol. The van der Waals surface area contributed by atoms with Crippen molar-refractivity contribution in [2.24, 2.45) is 0 Å². The van der Waals surface area contributed by atoms with E-state index < -0.39 is 23.3 Å². The Hall–Kier alpha value is -2.11. The first-order chi connectivity index (χ1) is 8.95. The van der Waals surface area contributed by atoms with E-state index in [1.54, 1.807) is 6.07 Å². The van der Waals surface area contributed by atoms with Crippen LogP contribution in [0.2, 0.25) is 0 Å². The fraction of sp³-hybridized carbons (Fsp3) is 0.231. The highest BCUT2D eigenvalue weighted by atomic mass is 19.4. The Bertz CT molecular complexity index is 623. The molecule has 0 saturated carbocycles. The van der Waals surface area contributed by atoms with Crippen molar-refractivity contribution >= 4 is 16.9 Å². The largest absolute Gasteiger partial charge is 0.462 e. The van der Waals surface area contributed by atoms with Crippen molar-refractivity contribution in [1.82, 2.24) is 4.98 Å². The van der Waals surface area contributed by atoms with Gasteiger partial charge in [0.05, 0.1) is 23.3 Å². The number of rotatable bonds is 2. The van der Waals surface area contributed by atoms with Crippen LogP contribution in [-0.4, -0.2) is 17.6 Å². The third kappa shape index (κ3) is 2.52. The van der Waals surface area contributed by atoms with Gasteiger partial charge in [-0.2, -0.15) is 13.2 Å². The van der Waals surface area contributed by atoms with Crippen LogP contribution in [0.4, 0.5) is 13.2 Å². The molecule has 0 amide bonds. The first-order valence-electron chi connectivity index (χ1n) is 5.57. The van der Waals surface area contributed by atoms with Crippen molar-refractivity contribution in [3.63, 3.8) is 0 Å². The third-order valence-corrected chi connectivity index (χ3v) is 2.55. The Morgan fingerprint density at radius 3 is 2.63 bits per heavy atom. The van der Waals surface area contributed by atoms with Gasteiger partial charge in [0.25, 0.3) is 0 Å². The minimum absolute atomic E-state index is 0.00293. The van der Waals surface area contributed by atoms with Crippen LogP contribution in [0.5, 0.6) is 0 Å². The van der Waals surface area contributed by atoms with Gasteiger partial charge in [-0.3, -0.25) is 4.98 Å². The molecule has 0 aliphatic carbocycles. The van der Waals surface area contributed by atoms with E-state index in [4.69, 9.17) is 0 Å². The summed E-state index contributed by atoms with van der Waals surface area (Å²) in [6, 6.07) is 5.79. The van der Waals surface area contributed by atoms with Crippen molar-refractivity contribution in [2.45, 2.75) is 13.1 Å². The minimum atomic E-state index is -4.65. The molecule has 0 N–H and O–H groups in total. The van der Waals surface area contributed by atoms with Crippen LogP contribution in [0.15, 0.2) is 30.5 Å². The van der Waals surface area contributed by atoms with Crippen molar-refractivity contribution < 1.29 is 22.7 Å². The first-order valence-corrected chi connectivity index (χ1v) is 5.57.